The van der Waals surface area contributed by atoms with Crippen LogP contribution in [0.5, 0.6) is 0 Å². The van der Waals surface area contributed by atoms with E-state index < -0.39 is 0 Å². The van der Waals surface area contributed by atoms with Crippen molar-refractivity contribution in [3.05, 3.63) is 0 Å². The molecule has 0 radical (unpaired) electrons. The standard InChI is InChI=1S/C15H24O2/c1-14(2)10-6-7-15(14,3)13(8-10)17-12-5-4-11(16)9-12/h10,12-13H,4-9H2,1-3H3. The highest BCUT2D eigenvalue weighted by molar-refractivity contribution is 5.81. The Morgan fingerprint density at radius 3 is 2.47 bits per heavy atom. The van der Waals surface area contributed by atoms with E-state index in [1.54, 1.807) is 0 Å². The molecule has 0 spiro atoms. The van der Waals surface area contributed by atoms with Gasteiger partial charge in [0.15, 0.2) is 0 Å². The van der Waals surface area contributed by atoms with Gasteiger partial charge in [-0.2, -0.15) is 0 Å². The number of hydrogen-bond donors (Lipinski definition) is 0. The van der Waals surface area contributed by atoms with Crippen LogP contribution in [-0.4, -0.2) is 18.0 Å². The first-order valence-corrected chi connectivity index (χ1v) is 7.10. The molecular weight excluding hydrogens is 212 g/mol. The van der Waals surface area contributed by atoms with Crippen molar-refractivity contribution in [2.24, 2.45) is 16.7 Å². The molecule has 4 atom stereocenters. The molecular formula is C15H24O2. The molecule has 2 bridgehead atoms. The van der Waals surface area contributed by atoms with Crippen LogP contribution in [0, 0.1) is 16.7 Å². The number of carbonyl (C=O) groups excluding carboxylic acids is 1. The maximum absolute atomic E-state index is 11.3. The Hall–Kier alpha value is -0.370. The van der Waals surface area contributed by atoms with Crippen molar-refractivity contribution in [1.29, 1.82) is 0 Å². The van der Waals surface area contributed by atoms with Gasteiger partial charge >= 0.3 is 0 Å². The van der Waals surface area contributed by atoms with Gasteiger partial charge in [0.05, 0.1) is 12.2 Å². The van der Waals surface area contributed by atoms with Gasteiger partial charge in [-0.15, -0.1) is 0 Å². The summed E-state index contributed by atoms with van der Waals surface area (Å²) in [7, 11) is 0. The van der Waals surface area contributed by atoms with Gasteiger partial charge in [-0.1, -0.05) is 20.8 Å². The van der Waals surface area contributed by atoms with Crippen molar-refractivity contribution in [1.82, 2.24) is 0 Å². The number of rotatable bonds is 2. The third-order valence-electron chi connectivity index (χ3n) is 6.27. The SMILES string of the molecule is CC1(C)C2CCC1(C)C(OC1CCC(=O)C1)C2. The minimum atomic E-state index is 0.222. The van der Waals surface area contributed by atoms with Crippen LogP contribution in [0.25, 0.3) is 0 Å². The molecule has 2 heteroatoms. The zero-order valence-electron chi connectivity index (χ0n) is 11.3. The summed E-state index contributed by atoms with van der Waals surface area (Å²) >= 11 is 0. The van der Waals surface area contributed by atoms with Crippen molar-refractivity contribution in [3.8, 4) is 0 Å². The third-order valence-corrected chi connectivity index (χ3v) is 6.27. The Bertz CT molecular complexity index is 347. The largest absolute Gasteiger partial charge is 0.374 e. The molecule has 3 fully saturated rings. The first-order chi connectivity index (χ1) is 7.93. The smallest absolute Gasteiger partial charge is 0.135 e. The van der Waals surface area contributed by atoms with Gasteiger partial charge in [0, 0.05) is 12.8 Å². The Labute approximate surface area is 104 Å². The van der Waals surface area contributed by atoms with Gasteiger partial charge in [0.2, 0.25) is 0 Å². The van der Waals surface area contributed by atoms with Gasteiger partial charge in [0.1, 0.15) is 5.78 Å². The second kappa shape index (κ2) is 3.57. The summed E-state index contributed by atoms with van der Waals surface area (Å²) in [6.07, 6.45) is 6.86. The zero-order valence-corrected chi connectivity index (χ0v) is 11.3. The lowest BCUT2D eigenvalue weighted by Crippen LogP contribution is -2.38. The Kier molecular flexibility index (Phi) is 2.46. The number of hydrogen-bond acceptors (Lipinski definition) is 2. The molecule has 0 heterocycles. The summed E-state index contributed by atoms with van der Waals surface area (Å²) in [6.45, 7) is 7.23. The van der Waals surface area contributed by atoms with Gasteiger partial charge < -0.3 is 4.74 Å². The normalized spacial score (nSPS) is 47.9. The lowest BCUT2D eigenvalue weighted by molar-refractivity contribution is -0.120. The van der Waals surface area contributed by atoms with Crippen LogP contribution < -0.4 is 0 Å². The lowest BCUT2D eigenvalue weighted by atomic mass is 9.70. The molecule has 0 aromatic rings. The van der Waals surface area contributed by atoms with Crippen LogP contribution in [0.2, 0.25) is 0 Å². The fraction of sp³-hybridized carbons (Fsp3) is 0.933. The highest BCUT2D eigenvalue weighted by atomic mass is 16.5. The topological polar surface area (TPSA) is 26.3 Å². The first kappa shape index (κ1) is 11.7. The molecule has 3 aliphatic rings. The minimum Gasteiger partial charge on any atom is -0.374 e. The zero-order chi connectivity index (χ0) is 12.3. The van der Waals surface area contributed by atoms with Crippen LogP contribution in [-0.2, 0) is 9.53 Å². The number of carbonyl (C=O) groups is 1. The molecule has 96 valence electrons. The van der Waals surface area contributed by atoms with Crippen molar-refractivity contribution in [2.75, 3.05) is 0 Å². The van der Waals surface area contributed by atoms with E-state index in [-0.39, 0.29) is 6.10 Å². The summed E-state index contributed by atoms with van der Waals surface area (Å²) in [4.78, 5) is 11.3. The van der Waals surface area contributed by atoms with E-state index in [0.29, 0.717) is 29.1 Å². The minimum absolute atomic E-state index is 0.222. The van der Waals surface area contributed by atoms with Crippen LogP contribution in [0.3, 0.4) is 0 Å². The Balaban J connectivity index is 1.72. The summed E-state index contributed by atoms with van der Waals surface area (Å²) in [5.41, 5.74) is 0.754. The number of Topliss-reactive ketones (excluding diaryl/α,β-unsaturated/α-hetero) is 1. The highest BCUT2D eigenvalue weighted by Crippen LogP contribution is 2.66. The molecule has 0 saturated heterocycles. The lowest BCUT2D eigenvalue weighted by Gasteiger charge is -2.39. The number of ketones is 1. The summed E-state index contributed by atoms with van der Waals surface area (Å²) in [5, 5.41) is 0. The van der Waals surface area contributed by atoms with Crippen LogP contribution in [0.4, 0.5) is 0 Å². The molecule has 4 unspecified atom stereocenters. The van der Waals surface area contributed by atoms with E-state index in [1.165, 1.54) is 19.3 Å². The molecule has 17 heavy (non-hydrogen) atoms. The van der Waals surface area contributed by atoms with Crippen LogP contribution >= 0.6 is 0 Å². The second-order valence-electron chi connectivity index (χ2n) is 7.14. The average Bonchev–Trinajstić information content (AvgIpc) is 2.80. The summed E-state index contributed by atoms with van der Waals surface area (Å²) in [5.74, 6) is 1.22. The van der Waals surface area contributed by atoms with Gasteiger partial charge in [-0.3, -0.25) is 4.79 Å². The van der Waals surface area contributed by atoms with Gasteiger partial charge in [-0.05, 0) is 42.4 Å². The quantitative estimate of drug-likeness (QED) is 0.735. The van der Waals surface area contributed by atoms with Crippen molar-refractivity contribution < 1.29 is 9.53 Å². The van der Waals surface area contributed by atoms with Crippen molar-refractivity contribution >= 4 is 5.78 Å². The molecule has 3 rings (SSSR count). The molecule has 0 N–H and O–H groups in total. The molecule has 3 aliphatic carbocycles. The van der Waals surface area contributed by atoms with Gasteiger partial charge in [-0.25, -0.2) is 0 Å². The third kappa shape index (κ3) is 1.53. The van der Waals surface area contributed by atoms with E-state index in [2.05, 4.69) is 20.8 Å². The van der Waals surface area contributed by atoms with Gasteiger partial charge in [0.25, 0.3) is 0 Å². The Morgan fingerprint density at radius 1 is 1.24 bits per heavy atom. The van der Waals surface area contributed by atoms with E-state index in [0.717, 1.165) is 18.8 Å². The molecule has 3 saturated carbocycles. The second-order valence-corrected chi connectivity index (χ2v) is 7.14. The number of fused-ring (bicyclic) bond motifs is 2. The van der Waals surface area contributed by atoms with E-state index in [4.69, 9.17) is 4.74 Å². The first-order valence-electron chi connectivity index (χ1n) is 7.10. The molecule has 2 nitrogen and oxygen atoms in total. The monoisotopic (exact) mass is 236 g/mol. The van der Waals surface area contributed by atoms with Crippen LogP contribution in [0.1, 0.15) is 59.3 Å². The maximum Gasteiger partial charge on any atom is 0.135 e. The van der Waals surface area contributed by atoms with Crippen molar-refractivity contribution in [3.63, 3.8) is 0 Å². The predicted octanol–water partition coefficient (Wildman–Crippen LogP) is 3.34. The fourth-order valence-corrected chi connectivity index (χ4v) is 4.46. The summed E-state index contributed by atoms with van der Waals surface area (Å²) in [6, 6.07) is 0. The van der Waals surface area contributed by atoms with Crippen LogP contribution in [0.15, 0.2) is 0 Å². The predicted molar refractivity (Wildman–Crippen MR) is 66.7 cm³/mol. The Morgan fingerprint density at radius 2 is 2.00 bits per heavy atom. The van der Waals surface area contributed by atoms with Crippen molar-refractivity contribution in [2.45, 2.75) is 71.5 Å². The maximum atomic E-state index is 11.3. The van der Waals surface area contributed by atoms with E-state index in [1.807, 2.05) is 0 Å². The molecule has 0 aliphatic heterocycles. The average molecular weight is 236 g/mol. The molecule has 0 amide bonds. The number of ether oxygens (including phenoxy) is 1. The summed E-state index contributed by atoms with van der Waals surface area (Å²) < 4.78 is 6.29. The highest BCUT2D eigenvalue weighted by Gasteiger charge is 2.62. The molecule has 0 aromatic heterocycles. The molecule has 0 aromatic carbocycles. The fourth-order valence-electron chi connectivity index (χ4n) is 4.46. The van der Waals surface area contributed by atoms with E-state index in [9.17, 15) is 4.79 Å². The van der Waals surface area contributed by atoms with E-state index >= 15 is 0 Å².